The molecule has 1 aromatic rings. The fourth-order valence-electron chi connectivity index (χ4n) is 12.8. The first-order valence-corrected chi connectivity index (χ1v) is 17.9. The van der Waals surface area contributed by atoms with Crippen LogP contribution in [0.5, 0.6) is 0 Å². The lowest BCUT2D eigenvalue weighted by Crippen LogP contribution is -2.65. The van der Waals surface area contributed by atoms with E-state index in [4.69, 9.17) is 4.74 Å². The molecular weight excluding hydrogens is 568 g/mol. The number of hydrogen-bond acceptors (Lipinski definition) is 3. The number of allylic oxidation sites excluding steroid dienone is 3. The quantitative estimate of drug-likeness (QED) is 0.141. The number of methoxy groups -OCH3 is 1. The van der Waals surface area contributed by atoms with Gasteiger partial charge in [0.2, 0.25) is 0 Å². The van der Waals surface area contributed by atoms with E-state index < -0.39 is 0 Å². The van der Waals surface area contributed by atoms with E-state index in [2.05, 4.69) is 71.3 Å². The van der Waals surface area contributed by atoms with E-state index in [1.807, 2.05) is 31.1 Å². The number of fused-ring (bicyclic) bond motifs is 7. The van der Waals surface area contributed by atoms with Gasteiger partial charge >= 0.3 is 5.97 Å². The number of nitrogens with zero attached hydrogens (tertiary/aromatic N) is 2. The summed E-state index contributed by atoms with van der Waals surface area (Å²) in [4.78, 5) is 32.6. The average Bonchev–Trinajstić information content (AvgIpc) is 3.41. The zero-order valence-electron chi connectivity index (χ0n) is 30.0. The molecule has 1 aromatic carbocycles. The van der Waals surface area contributed by atoms with Crippen LogP contribution in [0.2, 0.25) is 0 Å². The molecule has 6 rings (SSSR count). The van der Waals surface area contributed by atoms with E-state index in [0.29, 0.717) is 35.2 Å². The molecule has 5 heteroatoms. The molecule has 9 atom stereocenters. The highest BCUT2D eigenvalue weighted by Crippen LogP contribution is 2.77. The number of esters is 1. The summed E-state index contributed by atoms with van der Waals surface area (Å²) in [6.45, 7) is 19.6. The lowest BCUT2D eigenvalue weighted by Gasteiger charge is -2.72. The molecule has 0 saturated heterocycles. The van der Waals surface area contributed by atoms with Crippen molar-refractivity contribution in [3.63, 3.8) is 0 Å². The van der Waals surface area contributed by atoms with Gasteiger partial charge in [0.25, 0.3) is 5.91 Å². The first-order valence-electron chi connectivity index (χ1n) is 17.9. The number of ether oxygens (including phenoxy) is 1. The Morgan fingerprint density at radius 3 is 2.24 bits per heavy atom. The van der Waals surface area contributed by atoms with Gasteiger partial charge in [0.1, 0.15) is 0 Å². The standard InChI is InChI=1S/C41H58N2O3/c1-26(2)29-17-22-41(36(45)42-25-43(8)9)24-23-39(6)31(34(29)41)15-16-33-38(5)20-18-30(27-11-13-28(14-12-27)35(44)46-10)37(3,4)32(38)19-21-40(33,39)7/h11-14,18,25,29,31-34H,1,15-17,19-24H2,2-10H3/b42-25+/t29-,31+,32-,33+,34+,38-,39+,40+,41-/m0/s1. The van der Waals surface area contributed by atoms with Crippen molar-refractivity contribution >= 4 is 23.8 Å². The Balaban J connectivity index is 1.35. The lowest BCUT2D eigenvalue weighted by molar-refractivity contribution is -0.224. The van der Waals surface area contributed by atoms with E-state index in [0.717, 1.165) is 32.1 Å². The van der Waals surface area contributed by atoms with Crippen LogP contribution in [0.15, 0.2) is 47.5 Å². The van der Waals surface area contributed by atoms with Gasteiger partial charge in [0.05, 0.1) is 24.4 Å². The van der Waals surface area contributed by atoms with Gasteiger partial charge in [-0.2, -0.15) is 0 Å². The van der Waals surface area contributed by atoms with Gasteiger partial charge in [0.15, 0.2) is 0 Å². The molecule has 0 aromatic heterocycles. The van der Waals surface area contributed by atoms with Crippen molar-refractivity contribution in [3.05, 3.63) is 53.6 Å². The highest BCUT2D eigenvalue weighted by Gasteiger charge is 2.71. The minimum Gasteiger partial charge on any atom is -0.465 e. The van der Waals surface area contributed by atoms with Gasteiger partial charge in [-0.05, 0) is 139 Å². The molecule has 0 aliphatic heterocycles. The monoisotopic (exact) mass is 626 g/mol. The van der Waals surface area contributed by atoms with Crippen LogP contribution in [0.25, 0.3) is 5.57 Å². The Morgan fingerprint density at radius 1 is 0.913 bits per heavy atom. The molecule has 1 amide bonds. The minimum atomic E-state index is -0.349. The van der Waals surface area contributed by atoms with Gasteiger partial charge in [-0.15, -0.1) is 0 Å². The molecule has 4 fully saturated rings. The van der Waals surface area contributed by atoms with Crippen LogP contribution in [0.1, 0.15) is 115 Å². The van der Waals surface area contributed by atoms with Crippen LogP contribution in [-0.2, 0) is 9.53 Å². The number of rotatable bonds is 5. The largest absolute Gasteiger partial charge is 0.465 e. The average molecular weight is 627 g/mol. The summed E-state index contributed by atoms with van der Waals surface area (Å²) in [5, 5.41) is 0. The van der Waals surface area contributed by atoms with E-state index in [9.17, 15) is 9.59 Å². The normalized spacial score (nSPS) is 41.0. The summed E-state index contributed by atoms with van der Waals surface area (Å²) in [6.07, 6.45) is 14.4. The second-order valence-corrected chi connectivity index (χ2v) is 17.5. The number of hydrogen-bond donors (Lipinski definition) is 0. The molecular formula is C41H58N2O3. The fourth-order valence-corrected chi connectivity index (χ4v) is 12.8. The Hall–Kier alpha value is -2.69. The molecule has 4 saturated carbocycles. The molecule has 0 N–H and O–H groups in total. The summed E-state index contributed by atoms with van der Waals surface area (Å²) >= 11 is 0. The van der Waals surface area contributed by atoms with Crippen LogP contribution in [-0.4, -0.2) is 44.3 Å². The first kappa shape index (κ1) is 33.2. The van der Waals surface area contributed by atoms with Crippen LogP contribution in [0.3, 0.4) is 0 Å². The predicted octanol–water partition coefficient (Wildman–Crippen LogP) is 9.24. The van der Waals surface area contributed by atoms with Crippen LogP contribution >= 0.6 is 0 Å². The van der Waals surface area contributed by atoms with Gasteiger partial charge in [-0.25, -0.2) is 9.79 Å². The van der Waals surface area contributed by atoms with E-state index in [1.165, 1.54) is 49.5 Å². The van der Waals surface area contributed by atoms with Crippen molar-refractivity contribution in [2.45, 2.75) is 99.3 Å². The Kier molecular flexibility index (Phi) is 8.08. The summed E-state index contributed by atoms with van der Waals surface area (Å²) in [5.41, 5.74) is 4.79. The number of amides is 1. The van der Waals surface area contributed by atoms with Crippen molar-refractivity contribution in [3.8, 4) is 0 Å². The molecule has 5 aliphatic carbocycles. The smallest absolute Gasteiger partial charge is 0.337 e. The summed E-state index contributed by atoms with van der Waals surface area (Å²) in [5.74, 6) is 2.30. The molecule has 5 aliphatic rings. The second kappa shape index (κ2) is 11.2. The summed E-state index contributed by atoms with van der Waals surface area (Å²) < 4.78 is 4.95. The van der Waals surface area contributed by atoms with Crippen LogP contribution < -0.4 is 0 Å². The molecule has 0 heterocycles. The van der Waals surface area contributed by atoms with Crippen molar-refractivity contribution in [2.24, 2.45) is 61.7 Å². The second-order valence-electron chi connectivity index (χ2n) is 17.5. The first-order chi connectivity index (χ1) is 21.6. The van der Waals surface area contributed by atoms with E-state index >= 15 is 0 Å². The third kappa shape index (κ3) is 4.56. The third-order valence-electron chi connectivity index (χ3n) is 15.1. The number of benzene rings is 1. The SMILES string of the molecule is C=C(C)[C@@H]1CC[C@]2(C(=O)/N=C/N(C)C)CC[C@]3(C)[C@H](CC[C@@H]4[C@@]5(C)CC=C(c6ccc(C(=O)OC)cc6)C(C)(C)[C@@H]5CC[C@]43C)[C@@H]12. The molecule has 0 bridgehead atoms. The predicted molar refractivity (Wildman–Crippen MR) is 187 cm³/mol. The maximum Gasteiger partial charge on any atom is 0.337 e. The molecule has 5 nitrogen and oxygen atoms in total. The molecule has 0 radical (unpaired) electrons. The van der Waals surface area contributed by atoms with Gasteiger partial charge in [-0.1, -0.05) is 65.0 Å². The van der Waals surface area contributed by atoms with Gasteiger partial charge in [-0.3, -0.25) is 4.79 Å². The number of aliphatic imine (C=N–C) groups is 1. The Labute approximate surface area is 278 Å². The zero-order valence-corrected chi connectivity index (χ0v) is 30.0. The van der Waals surface area contributed by atoms with E-state index in [1.54, 1.807) is 6.34 Å². The van der Waals surface area contributed by atoms with Crippen molar-refractivity contribution in [1.82, 2.24) is 4.90 Å². The molecule has 0 unspecified atom stereocenters. The third-order valence-corrected chi connectivity index (χ3v) is 15.1. The van der Waals surface area contributed by atoms with E-state index in [-0.39, 0.29) is 39.0 Å². The number of carbonyl (C=O) groups excluding carboxylic acids is 2. The highest BCUT2D eigenvalue weighted by molar-refractivity contribution is 5.90. The summed E-state index contributed by atoms with van der Waals surface area (Å²) in [7, 11) is 5.32. The fraction of sp³-hybridized carbons (Fsp3) is 0.683. The van der Waals surface area contributed by atoms with Crippen molar-refractivity contribution in [1.29, 1.82) is 0 Å². The molecule has 0 spiro atoms. The minimum absolute atomic E-state index is 0.0218. The Morgan fingerprint density at radius 2 is 1.61 bits per heavy atom. The van der Waals surface area contributed by atoms with Gasteiger partial charge < -0.3 is 9.64 Å². The molecule has 250 valence electrons. The zero-order chi connectivity index (χ0) is 33.4. The maximum atomic E-state index is 14.1. The Bertz CT molecular complexity index is 1470. The lowest BCUT2D eigenvalue weighted by atomic mass is 9.32. The van der Waals surface area contributed by atoms with Crippen molar-refractivity contribution < 1.29 is 14.3 Å². The van der Waals surface area contributed by atoms with Crippen LogP contribution in [0.4, 0.5) is 0 Å². The number of carbonyl (C=O) groups is 2. The van der Waals surface area contributed by atoms with Crippen LogP contribution in [0, 0.1) is 56.7 Å². The van der Waals surface area contributed by atoms with Gasteiger partial charge in [0, 0.05) is 14.1 Å². The topological polar surface area (TPSA) is 59.0 Å². The molecule has 46 heavy (non-hydrogen) atoms. The maximum absolute atomic E-state index is 14.1. The summed E-state index contributed by atoms with van der Waals surface area (Å²) in [6, 6.07) is 8.04. The highest BCUT2D eigenvalue weighted by atomic mass is 16.5. The van der Waals surface area contributed by atoms with Crippen molar-refractivity contribution in [2.75, 3.05) is 21.2 Å².